The number of amidine groups is 1. The molecular formula is C16H21FN2S. The van der Waals surface area contributed by atoms with Crippen molar-refractivity contribution < 1.29 is 4.39 Å². The highest BCUT2D eigenvalue weighted by Gasteiger charge is 2.36. The third-order valence-electron chi connectivity index (χ3n) is 4.34. The van der Waals surface area contributed by atoms with E-state index in [-0.39, 0.29) is 5.82 Å². The van der Waals surface area contributed by atoms with E-state index in [0.29, 0.717) is 5.41 Å². The van der Waals surface area contributed by atoms with Crippen molar-refractivity contribution in [3.8, 4) is 0 Å². The minimum absolute atomic E-state index is 0.171. The molecule has 0 amide bonds. The third kappa shape index (κ3) is 3.35. The van der Waals surface area contributed by atoms with Crippen LogP contribution in [0.1, 0.15) is 31.2 Å². The maximum atomic E-state index is 12.8. The molecule has 1 heterocycles. The summed E-state index contributed by atoms with van der Waals surface area (Å²) in [5, 5.41) is 4.50. The number of aliphatic imine (C=N–C) groups is 1. The Labute approximate surface area is 124 Å². The molecule has 1 aliphatic carbocycles. The summed E-state index contributed by atoms with van der Waals surface area (Å²) in [5.74, 6) is 1.05. The Morgan fingerprint density at radius 3 is 2.60 bits per heavy atom. The number of hydrogen-bond donors (Lipinski definition) is 1. The number of halogens is 1. The Morgan fingerprint density at radius 1 is 1.20 bits per heavy atom. The van der Waals surface area contributed by atoms with Crippen molar-refractivity contribution in [3.05, 3.63) is 35.6 Å². The Bertz CT molecular complexity index is 478. The van der Waals surface area contributed by atoms with Gasteiger partial charge in [0.05, 0.1) is 0 Å². The fourth-order valence-corrected chi connectivity index (χ4v) is 4.23. The second-order valence-electron chi connectivity index (χ2n) is 5.92. The zero-order valence-corrected chi connectivity index (χ0v) is 12.5. The van der Waals surface area contributed by atoms with Crippen molar-refractivity contribution >= 4 is 16.9 Å². The first-order valence-corrected chi connectivity index (χ1v) is 8.40. The van der Waals surface area contributed by atoms with Crippen LogP contribution in [0.3, 0.4) is 0 Å². The maximum absolute atomic E-state index is 12.8. The first kappa shape index (κ1) is 13.9. The van der Waals surface area contributed by atoms with Gasteiger partial charge in [-0.25, -0.2) is 4.39 Å². The van der Waals surface area contributed by atoms with Crippen molar-refractivity contribution in [3.63, 3.8) is 0 Å². The highest BCUT2D eigenvalue weighted by atomic mass is 32.2. The molecular weight excluding hydrogens is 271 g/mol. The zero-order valence-electron chi connectivity index (χ0n) is 11.7. The van der Waals surface area contributed by atoms with Gasteiger partial charge in [0.15, 0.2) is 5.17 Å². The number of hydrogen-bond acceptors (Lipinski definition) is 3. The van der Waals surface area contributed by atoms with Crippen molar-refractivity contribution in [2.24, 2.45) is 10.4 Å². The quantitative estimate of drug-likeness (QED) is 0.920. The van der Waals surface area contributed by atoms with E-state index in [1.54, 1.807) is 0 Å². The third-order valence-corrected chi connectivity index (χ3v) is 5.64. The lowest BCUT2D eigenvalue weighted by molar-refractivity contribution is 0.358. The van der Waals surface area contributed by atoms with Crippen molar-refractivity contribution in [2.75, 3.05) is 18.8 Å². The summed E-state index contributed by atoms with van der Waals surface area (Å²) in [7, 11) is 0. The lowest BCUT2D eigenvalue weighted by Gasteiger charge is -2.31. The number of rotatable bonds is 3. The Hall–Kier alpha value is -1.03. The lowest BCUT2D eigenvalue weighted by atomic mass is 9.89. The van der Waals surface area contributed by atoms with Crippen LogP contribution < -0.4 is 5.32 Å². The van der Waals surface area contributed by atoms with E-state index in [1.165, 1.54) is 43.6 Å². The van der Waals surface area contributed by atoms with Crippen LogP contribution >= 0.6 is 11.8 Å². The average Bonchev–Trinajstić information content (AvgIpc) is 2.92. The Kier molecular flexibility index (Phi) is 4.29. The van der Waals surface area contributed by atoms with Gasteiger partial charge in [0.1, 0.15) is 5.82 Å². The summed E-state index contributed by atoms with van der Waals surface area (Å²) < 4.78 is 12.8. The van der Waals surface area contributed by atoms with Gasteiger partial charge in [-0.1, -0.05) is 36.7 Å². The number of nitrogens with zero attached hydrogens (tertiary/aromatic N) is 1. The smallest absolute Gasteiger partial charge is 0.156 e. The molecule has 4 heteroatoms. The van der Waals surface area contributed by atoms with Crippen LogP contribution in [0.2, 0.25) is 0 Å². The van der Waals surface area contributed by atoms with E-state index in [4.69, 9.17) is 4.99 Å². The van der Waals surface area contributed by atoms with Crippen molar-refractivity contribution in [2.45, 2.75) is 32.1 Å². The molecule has 0 atom stereocenters. The predicted molar refractivity (Wildman–Crippen MR) is 83.8 cm³/mol. The van der Waals surface area contributed by atoms with Crippen molar-refractivity contribution in [1.82, 2.24) is 5.32 Å². The van der Waals surface area contributed by atoms with E-state index < -0.39 is 0 Å². The summed E-state index contributed by atoms with van der Waals surface area (Å²) in [4.78, 5) is 4.72. The first-order chi connectivity index (χ1) is 9.76. The van der Waals surface area contributed by atoms with Gasteiger partial charge in [0.25, 0.3) is 0 Å². The molecule has 0 bridgehead atoms. The largest absolute Gasteiger partial charge is 0.365 e. The van der Waals surface area contributed by atoms with Gasteiger partial charge in [-0.3, -0.25) is 4.99 Å². The lowest BCUT2D eigenvalue weighted by Crippen LogP contribution is -2.34. The molecule has 108 valence electrons. The highest BCUT2D eigenvalue weighted by Crippen LogP contribution is 2.43. The molecule has 1 fully saturated rings. The van der Waals surface area contributed by atoms with Crippen molar-refractivity contribution in [1.29, 1.82) is 0 Å². The van der Waals surface area contributed by atoms with Gasteiger partial charge in [0.2, 0.25) is 0 Å². The van der Waals surface area contributed by atoms with E-state index in [1.807, 2.05) is 23.9 Å². The van der Waals surface area contributed by atoms with E-state index in [2.05, 4.69) is 5.32 Å². The second-order valence-corrected chi connectivity index (χ2v) is 6.88. The van der Waals surface area contributed by atoms with Gasteiger partial charge >= 0.3 is 0 Å². The van der Waals surface area contributed by atoms with Crippen LogP contribution in [-0.4, -0.2) is 24.0 Å². The topological polar surface area (TPSA) is 24.4 Å². The number of nitrogens with one attached hydrogen (secondary N) is 1. The average molecular weight is 292 g/mol. The molecule has 2 nitrogen and oxygen atoms in total. The molecule has 0 unspecified atom stereocenters. The second kappa shape index (κ2) is 6.17. The zero-order chi connectivity index (χ0) is 13.8. The summed E-state index contributed by atoms with van der Waals surface area (Å²) >= 11 is 1.88. The van der Waals surface area contributed by atoms with E-state index in [0.717, 1.165) is 30.2 Å². The van der Waals surface area contributed by atoms with Crippen LogP contribution in [0.25, 0.3) is 0 Å². The molecule has 0 saturated heterocycles. The molecule has 1 aliphatic heterocycles. The summed E-state index contributed by atoms with van der Waals surface area (Å²) in [6, 6.07) is 6.73. The minimum atomic E-state index is -0.171. The summed E-state index contributed by atoms with van der Waals surface area (Å²) in [6.07, 6.45) is 6.37. The van der Waals surface area contributed by atoms with E-state index >= 15 is 0 Å². The molecule has 2 aliphatic rings. The summed E-state index contributed by atoms with van der Waals surface area (Å²) in [6.45, 7) is 1.86. The molecule has 0 aromatic heterocycles. The highest BCUT2D eigenvalue weighted by molar-refractivity contribution is 8.13. The Balaban J connectivity index is 1.45. The van der Waals surface area contributed by atoms with E-state index in [9.17, 15) is 4.39 Å². The molecule has 1 aromatic carbocycles. The van der Waals surface area contributed by atoms with Crippen LogP contribution in [-0.2, 0) is 6.42 Å². The van der Waals surface area contributed by atoms with Gasteiger partial charge in [-0.2, -0.15) is 0 Å². The SMILES string of the molecule is Fc1ccc(CCNC2=NCC3(CCCC3)CS2)cc1. The van der Waals surface area contributed by atoms with Gasteiger partial charge in [-0.15, -0.1) is 0 Å². The standard InChI is InChI=1S/C16H21FN2S/c17-14-5-3-13(4-6-14)7-10-18-15-19-11-16(12-20-15)8-1-2-9-16/h3-6H,1-2,7-12H2,(H,18,19). The normalized spacial score (nSPS) is 20.9. The maximum Gasteiger partial charge on any atom is 0.156 e. The fourth-order valence-electron chi connectivity index (χ4n) is 3.05. The van der Waals surface area contributed by atoms with Crippen LogP contribution in [0.5, 0.6) is 0 Å². The van der Waals surface area contributed by atoms with Gasteiger partial charge < -0.3 is 5.32 Å². The van der Waals surface area contributed by atoms with Crippen LogP contribution in [0, 0.1) is 11.2 Å². The molecule has 1 spiro atoms. The van der Waals surface area contributed by atoms with Gasteiger partial charge in [0, 0.05) is 18.8 Å². The molecule has 0 radical (unpaired) electrons. The fraction of sp³-hybridized carbons (Fsp3) is 0.562. The van der Waals surface area contributed by atoms with Gasteiger partial charge in [-0.05, 0) is 42.4 Å². The molecule has 1 N–H and O–H groups in total. The predicted octanol–water partition coefficient (Wildman–Crippen LogP) is 3.62. The number of benzene rings is 1. The van der Waals surface area contributed by atoms with Crippen LogP contribution in [0.4, 0.5) is 4.39 Å². The summed E-state index contributed by atoms with van der Waals surface area (Å²) in [5.41, 5.74) is 1.67. The Morgan fingerprint density at radius 2 is 1.95 bits per heavy atom. The molecule has 1 saturated carbocycles. The minimum Gasteiger partial charge on any atom is -0.365 e. The molecule has 1 aromatic rings. The van der Waals surface area contributed by atoms with Crippen LogP contribution in [0.15, 0.2) is 29.3 Å². The molecule has 3 rings (SSSR count). The molecule has 20 heavy (non-hydrogen) atoms. The number of thioether (sulfide) groups is 1. The first-order valence-electron chi connectivity index (χ1n) is 7.41. The monoisotopic (exact) mass is 292 g/mol.